The predicted molar refractivity (Wildman–Crippen MR) is 122 cm³/mol. The van der Waals surface area contributed by atoms with Crippen molar-refractivity contribution >= 4 is 10.9 Å². The van der Waals surface area contributed by atoms with Crippen LogP contribution in [0.5, 0.6) is 11.5 Å². The van der Waals surface area contributed by atoms with Gasteiger partial charge in [0.1, 0.15) is 11.3 Å². The Morgan fingerprint density at radius 2 is 1.47 bits per heavy atom. The number of benzene rings is 4. The van der Waals surface area contributed by atoms with Crippen LogP contribution in [0.3, 0.4) is 0 Å². The number of para-hydroxylation sites is 1. The van der Waals surface area contributed by atoms with Gasteiger partial charge in [0.2, 0.25) is 0 Å². The summed E-state index contributed by atoms with van der Waals surface area (Å²) in [6.07, 6.45) is -4.53. The van der Waals surface area contributed by atoms with Crippen molar-refractivity contribution in [2.75, 3.05) is 0 Å². The largest absolute Gasteiger partial charge is 0.454 e. The van der Waals surface area contributed by atoms with Gasteiger partial charge < -0.3 is 4.74 Å². The molecule has 5 aromatic rings. The van der Waals surface area contributed by atoms with E-state index in [4.69, 9.17) is 4.74 Å². The van der Waals surface area contributed by atoms with Crippen molar-refractivity contribution in [2.24, 2.45) is 0 Å². The van der Waals surface area contributed by atoms with E-state index in [1.54, 1.807) is 47.1 Å². The second kappa shape index (κ2) is 8.67. The quantitative estimate of drug-likeness (QED) is 0.250. The van der Waals surface area contributed by atoms with Crippen LogP contribution in [0.1, 0.15) is 11.1 Å². The molecule has 0 N–H and O–H groups in total. The minimum Gasteiger partial charge on any atom is -0.454 e. The number of ether oxygens (including phenoxy) is 1. The Morgan fingerprint density at radius 3 is 2.18 bits per heavy atom. The maximum absolute atomic E-state index is 13.9. The molecule has 0 bridgehead atoms. The van der Waals surface area contributed by atoms with E-state index in [1.165, 1.54) is 18.2 Å². The van der Waals surface area contributed by atoms with E-state index in [-0.39, 0.29) is 11.3 Å². The van der Waals surface area contributed by atoms with Crippen molar-refractivity contribution in [1.29, 1.82) is 0 Å². The number of fused-ring (bicyclic) bond motifs is 1. The summed E-state index contributed by atoms with van der Waals surface area (Å²) in [6, 6.07) is 26.3. The number of rotatable bonds is 5. The Bertz CT molecular complexity index is 1440. The van der Waals surface area contributed by atoms with E-state index in [0.717, 1.165) is 11.6 Å². The number of aromatic nitrogens is 2. The Balaban J connectivity index is 1.60. The summed E-state index contributed by atoms with van der Waals surface area (Å²) >= 11 is 0. The van der Waals surface area contributed by atoms with Gasteiger partial charge in [0, 0.05) is 10.9 Å². The smallest absolute Gasteiger partial charge is 0.418 e. The van der Waals surface area contributed by atoms with Crippen LogP contribution in [-0.2, 0) is 12.7 Å². The first-order valence-corrected chi connectivity index (χ1v) is 10.5. The van der Waals surface area contributed by atoms with Crippen molar-refractivity contribution in [1.82, 2.24) is 9.78 Å². The van der Waals surface area contributed by atoms with Crippen molar-refractivity contribution in [2.45, 2.75) is 12.7 Å². The minimum atomic E-state index is -4.53. The van der Waals surface area contributed by atoms with Crippen LogP contribution in [0.25, 0.3) is 22.2 Å². The Labute approximate surface area is 192 Å². The average Bonchev–Trinajstić information content (AvgIpc) is 3.19. The van der Waals surface area contributed by atoms with E-state index in [0.29, 0.717) is 28.9 Å². The van der Waals surface area contributed by atoms with Crippen LogP contribution in [-0.4, -0.2) is 9.78 Å². The topological polar surface area (TPSA) is 27.1 Å². The van der Waals surface area contributed by atoms with Gasteiger partial charge in [0.05, 0.1) is 17.8 Å². The first kappa shape index (κ1) is 21.7. The summed E-state index contributed by atoms with van der Waals surface area (Å²) in [4.78, 5) is 0. The molecule has 0 atom stereocenters. The molecule has 0 saturated carbocycles. The highest BCUT2D eigenvalue weighted by Crippen LogP contribution is 2.38. The molecule has 0 saturated heterocycles. The first-order valence-electron chi connectivity index (χ1n) is 10.5. The van der Waals surface area contributed by atoms with Crippen LogP contribution in [0.4, 0.5) is 17.6 Å². The van der Waals surface area contributed by atoms with Gasteiger partial charge in [-0.2, -0.15) is 18.3 Å². The Hall–Kier alpha value is -4.13. The molecule has 1 aromatic heterocycles. The highest BCUT2D eigenvalue weighted by molar-refractivity contribution is 5.95. The molecule has 7 heteroatoms. The fourth-order valence-electron chi connectivity index (χ4n) is 3.89. The third-order valence-corrected chi connectivity index (χ3v) is 5.44. The second-order valence-corrected chi connectivity index (χ2v) is 7.75. The second-order valence-electron chi connectivity index (χ2n) is 7.75. The van der Waals surface area contributed by atoms with Gasteiger partial charge in [-0.05, 0) is 48.0 Å². The molecule has 170 valence electrons. The fraction of sp³-hybridized carbons (Fsp3) is 0.0741. The van der Waals surface area contributed by atoms with Crippen LogP contribution in [0, 0.1) is 5.82 Å². The zero-order valence-electron chi connectivity index (χ0n) is 17.8. The first-order chi connectivity index (χ1) is 16.4. The molecular formula is C27H18F4N2O. The molecule has 0 radical (unpaired) electrons. The number of hydrogen-bond donors (Lipinski definition) is 0. The zero-order chi connectivity index (χ0) is 23.7. The number of alkyl halides is 3. The molecule has 0 aliphatic carbocycles. The van der Waals surface area contributed by atoms with Crippen LogP contribution in [0.2, 0.25) is 0 Å². The van der Waals surface area contributed by atoms with Gasteiger partial charge in [-0.25, -0.2) is 4.39 Å². The third kappa shape index (κ3) is 4.24. The monoisotopic (exact) mass is 462 g/mol. The summed E-state index contributed by atoms with van der Waals surface area (Å²) < 4.78 is 62.2. The maximum Gasteiger partial charge on any atom is 0.418 e. The maximum atomic E-state index is 13.9. The summed E-state index contributed by atoms with van der Waals surface area (Å²) in [5.74, 6) is 0.00564. The summed E-state index contributed by atoms with van der Waals surface area (Å²) in [5.41, 5.74) is 1.25. The highest BCUT2D eigenvalue weighted by Gasteiger charge is 2.34. The molecule has 1 heterocycles. The normalized spacial score (nSPS) is 11.6. The lowest BCUT2D eigenvalue weighted by Gasteiger charge is -2.10. The van der Waals surface area contributed by atoms with Gasteiger partial charge in [0.15, 0.2) is 11.6 Å². The molecule has 0 unspecified atom stereocenters. The van der Waals surface area contributed by atoms with Crippen molar-refractivity contribution in [3.05, 3.63) is 114 Å². The third-order valence-electron chi connectivity index (χ3n) is 5.44. The molecule has 4 aromatic carbocycles. The summed E-state index contributed by atoms with van der Waals surface area (Å²) in [7, 11) is 0. The lowest BCUT2D eigenvalue weighted by atomic mass is 10.0. The van der Waals surface area contributed by atoms with Gasteiger partial charge in [-0.1, -0.05) is 54.6 Å². The van der Waals surface area contributed by atoms with E-state index in [2.05, 4.69) is 5.10 Å². The van der Waals surface area contributed by atoms with Crippen LogP contribution >= 0.6 is 0 Å². The van der Waals surface area contributed by atoms with Crippen LogP contribution in [0.15, 0.2) is 97.1 Å². The molecule has 0 fully saturated rings. The van der Waals surface area contributed by atoms with Gasteiger partial charge in [0.25, 0.3) is 0 Å². The van der Waals surface area contributed by atoms with Crippen LogP contribution < -0.4 is 4.74 Å². The summed E-state index contributed by atoms with van der Waals surface area (Å²) in [5, 5.41) is 4.77. The Morgan fingerprint density at radius 1 is 0.765 bits per heavy atom. The SMILES string of the molecule is Fc1ccccc1Oc1ccc(-c2c3cccc(C(F)(F)F)c3nn2Cc2ccccc2)cc1. The summed E-state index contributed by atoms with van der Waals surface area (Å²) in [6.45, 7) is 0.301. The standard InChI is InChI=1S/C27H18F4N2O/c28-23-11-4-5-12-24(23)34-20-15-13-19(14-16-20)26-21-9-6-10-22(27(29,30)31)25(21)32-33(26)17-18-7-2-1-3-8-18/h1-16H,17H2. The van der Waals surface area contributed by atoms with Gasteiger partial charge in [-0.3, -0.25) is 4.68 Å². The minimum absolute atomic E-state index is 0.0876. The Kier molecular flexibility index (Phi) is 5.53. The molecule has 0 aliphatic rings. The molecule has 0 spiro atoms. The average molecular weight is 462 g/mol. The lowest BCUT2D eigenvalue weighted by molar-refractivity contribution is -0.136. The van der Waals surface area contributed by atoms with E-state index >= 15 is 0 Å². The molecule has 34 heavy (non-hydrogen) atoms. The zero-order valence-corrected chi connectivity index (χ0v) is 17.8. The van der Waals surface area contributed by atoms with Gasteiger partial charge in [-0.15, -0.1) is 0 Å². The van der Waals surface area contributed by atoms with E-state index in [9.17, 15) is 17.6 Å². The fourth-order valence-corrected chi connectivity index (χ4v) is 3.89. The predicted octanol–water partition coefficient (Wildman–Crippen LogP) is 7.70. The van der Waals surface area contributed by atoms with Crippen molar-refractivity contribution in [3.8, 4) is 22.8 Å². The molecule has 0 amide bonds. The number of nitrogens with zero attached hydrogens (tertiary/aromatic N) is 2. The highest BCUT2D eigenvalue weighted by atomic mass is 19.4. The van der Waals surface area contributed by atoms with Crippen molar-refractivity contribution in [3.63, 3.8) is 0 Å². The molecule has 3 nitrogen and oxygen atoms in total. The number of halogens is 4. The lowest BCUT2D eigenvalue weighted by Crippen LogP contribution is -2.06. The van der Waals surface area contributed by atoms with E-state index in [1.807, 2.05) is 30.3 Å². The van der Waals surface area contributed by atoms with E-state index < -0.39 is 17.6 Å². The van der Waals surface area contributed by atoms with Gasteiger partial charge >= 0.3 is 6.18 Å². The molecule has 5 rings (SSSR count). The molecule has 0 aliphatic heterocycles. The molecular weight excluding hydrogens is 444 g/mol. The van der Waals surface area contributed by atoms with Crippen molar-refractivity contribution < 1.29 is 22.3 Å². The number of hydrogen-bond acceptors (Lipinski definition) is 2.